The fourth-order valence-electron chi connectivity index (χ4n) is 3.21. The number of rotatable bonds is 9. The Balaban J connectivity index is 2.22. The van der Waals surface area contributed by atoms with E-state index >= 15 is 0 Å². The second-order valence-corrected chi connectivity index (χ2v) is 8.45. The molecule has 172 valence electrons. The van der Waals surface area contributed by atoms with E-state index in [1.165, 1.54) is 4.68 Å². The summed E-state index contributed by atoms with van der Waals surface area (Å²) in [6.07, 6.45) is -4.83. The topological polar surface area (TPSA) is 96.2 Å². The van der Waals surface area contributed by atoms with E-state index in [0.717, 1.165) is 0 Å². The van der Waals surface area contributed by atoms with E-state index < -0.39 is 35.9 Å². The molecule has 2 amide bonds. The maximum absolute atomic E-state index is 13.0. The second kappa shape index (κ2) is 10.1. The Labute approximate surface area is 179 Å². The lowest BCUT2D eigenvalue weighted by molar-refractivity contribution is -0.135. The Hall–Kier alpha value is -2.62. The SMILES string of the molecule is CC(C)(C)C(NC(=O)c1nn(CCCCC(F)(F)F)c2ccccc12)C(=O)NCCO. The number of carbonyl (C=O) groups is 2. The Morgan fingerprint density at radius 1 is 1.16 bits per heavy atom. The number of aliphatic hydroxyl groups excluding tert-OH is 1. The van der Waals surface area contributed by atoms with Crippen LogP contribution in [-0.4, -0.2) is 52.1 Å². The van der Waals surface area contributed by atoms with Crippen LogP contribution in [0.15, 0.2) is 24.3 Å². The van der Waals surface area contributed by atoms with Crippen molar-refractivity contribution in [1.29, 1.82) is 0 Å². The molecular formula is C21H29F3N4O3. The third-order valence-corrected chi connectivity index (χ3v) is 4.77. The zero-order valence-electron chi connectivity index (χ0n) is 17.9. The molecule has 10 heteroatoms. The number of alkyl halides is 3. The van der Waals surface area contributed by atoms with E-state index in [-0.39, 0.29) is 38.2 Å². The first-order chi connectivity index (χ1) is 14.4. The molecule has 2 rings (SSSR count). The molecule has 0 saturated heterocycles. The number of fused-ring (bicyclic) bond motifs is 1. The van der Waals surface area contributed by atoms with E-state index in [0.29, 0.717) is 10.9 Å². The summed E-state index contributed by atoms with van der Waals surface area (Å²) in [7, 11) is 0. The molecule has 0 aliphatic heterocycles. The number of benzene rings is 1. The van der Waals surface area contributed by atoms with Gasteiger partial charge in [-0.15, -0.1) is 0 Å². The summed E-state index contributed by atoms with van der Waals surface area (Å²) in [5.41, 5.74) is 0.137. The van der Waals surface area contributed by atoms with E-state index in [2.05, 4.69) is 15.7 Å². The molecule has 2 aromatic rings. The minimum Gasteiger partial charge on any atom is -0.395 e. The average Bonchev–Trinajstić information content (AvgIpc) is 3.04. The van der Waals surface area contributed by atoms with Gasteiger partial charge in [0.2, 0.25) is 5.91 Å². The van der Waals surface area contributed by atoms with Gasteiger partial charge >= 0.3 is 6.18 Å². The van der Waals surface area contributed by atoms with Crippen molar-refractivity contribution >= 4 is 22.7 Å². The molecule has 1 atom stereocenters. The first-order valence-electron chi connectivity index (χ1n) is 10.2. The van der Waals surface area contributed by atoms with Gasteiger partial charge in [-0.1, -0.05) is 39.0 Å². The number of hydrogen-bond donors (Lipinski definition) is 3. The maximum Gasteiger partial charge on any atom is 0.389 e. The number of para-hydroxylation sites is 1. The van der Waals surface area contributed by atoms with E-state index in [9.17, 15) is 22.8 Å². The van der Waals surface area contributed by atoms with Gasteiger partial charge in [0.15, 0.2) is 5.69 Å². The van der Waals surface area contributed by atoms with Gasteiger partial charge in [0.25, 0.3) is 5.91 Å². The summed E-state index contributed by atoms with van der Waals surface area (Å²) in [4.78, 5) is 25.5. The molecule has 0 aliphatic rings. The number of unbranched alkanes of at least 4 members (excludes halogenated alkanes) is 1. The van der Waals surface area contributed by atoms with Crippen LogP contribution in [0, 0.1) is 5.41 Å². The quantitative estimate of drug-likeness (QED) is 0.520. The van der Waals surface area contributed by atoms with Gasteiger partial charge in [0.05, 0.1) is 12.1 Å². The fraction of sp³-hybridized carbons (Fsp3) is 0.571. The second-order valence-electron chi connectivity index (χ2n) is 8.45. The van der Waals surface area contributed by atoms with Gasteiger partial charge in [0.1, 0.15) is 6.04 Å². The minimum absolute atomic E-state index is 0.0314. The van der Waals surface area contributed by atoms with Crippen LogP contribution >= 0.6 is 0 Å². The molecule has 1 heterocycles. The van der Waals surface area contributed by atoms with E-state index in [1.807, 2.05) is 0 Å². The van der Waals surface area contributed by atoms with Crippen molar-refractivity contribution in [1.82, 2.24) is 20.4 Å². The maximum atomic E-state index is 13.0. The van der Waals surface area contributed by atoms with Crippen LogP contribution in [0.1, 0.15) is 50.5 Å². The Kier molecular flexibility index (Phi) is 8.05. The minimum atomic E-state index is -4.20. The first kappa shape index (κ1) is 24.6. The number of carbonyl (C=O) groups excluding carboxylic acids is 2. The van der Waals surface area contributed by atoms with Crippen LogP contribution in [-0.2, 0) is 11.3 Å². The molecular weight excluding hydrogens is 413 g/mol. The van der Waals surface area contributed by atoms with Crippen molar-refractivity contribution < 1.29 is 27.9 Å². The van der Waals surface area contributed by atoms with Crippen LogP contribution in [0.5, 0.6) is 0 Å². The van der Waals surface area contributed by atoms with Gasteiger partial charge in [-0.3, -0.25) is 14.3 Å². The number of amides is 2. The molecule has 1 aromatic heterocycles. The van der Waals surface area contributed by atoms with Gasteiger partial charge in [-0.25, -0.2) is 0 Å². The summed E-state index contributed by atoms with van der Waals surface area (Å²) >= 11 is 0. The van der Waals surface area contributed by atoms with Crippen LogP contribution in [0.2, 0.25) is 0 Å². The molecule has 1 unspecified atom stereocenters. The number of hydrogen-bond acceptors (Lipinski definition) is 4. The van der Waals surface area contributed by atoms with Crippen molar-refractivity contribution in [3.05, 3.63) is 30.0 Å². The monoisotopic (exact) mass is 442 g/mol. The number of aromatic nitrogens is 2. The zero-order valence-corrected chi connectivity index (χ0v) is 17.9. The lowest BCUT2D eigenvalue weighted by atomic mass is 9.86. The Morgan fingerprint density at radius 3 is 2.45 bits per heavy atom. The summed E-state index contributed by atoms with van der Waals surface area (Å²) in [5, 5.41) is 19.1. The summed E-state index contributed by atoms with van der Waals surface area (Å²) < 4.78 is 38.7. The van der Waals surface area contributed by atoms with Gasteiger partial charge < -0.3 is 15.7 Å². The van der Waals surface area contributed by atoms with Crippen molar-refractivity contribution in [2.24, 2.45) is 5.41 Å². The van der Waals surface area contributed by atoms with Crippen molar-refractivity contribution in [3.8, 4) is 0 Å². The third-order valence-electron chi connectivity index (χ3n) is 4.77. The first-order valence-corrected chi connectivity index (χ1v) is 10.2. The fourth-order valence-corrected chi connectivity index (χ4v) is 3.21. The number of aryl methyl sites for hydroxylation is 1. The third kappa shape index (κ3) is 6.95. The highest BCUT2D eigenvalue weighted by atomic mass is 19.4. The summed E-state index contributed by atoms with van der Waals surface area (Å²) in [6.45, 7) is 5.48. The predicted octanol–water partition coefficient (Wildman–Crippen LogP) is 3.02. The molecule has 0 aliphatic carbocycles. The smallest absolute Gasteiger partial charge is 0.389 e. The van der Waals surface area contributed by atoms with Crippen molar-refractivity contribution in [2.75, 3.05) is 13.2 Å². The molecule has 0 saturated carbocycles. The molecule has 0 fully saturated rings. The van der Waals surface area contributed by atoms with Crippen LogP contribution in [0.4, 0.5) is 13.2 Å². The highest BCUT2D eigenvalue weighted by molar-refractivity contribution is 6.06. The molecule has 3 N–H and O–H groups in total. The Morgan fingerprint density at radius 2 is 1.84 bits per heavy atom. The lowest BCUT2D eigenvalue weighted by Gasteiger charge is -2.30. The predicted molar refractivity (Wildman–Crippen MR) is 110 cm³/mol. The number of nitrogens with zero attached hydrogens (tertiary/aromatic N) is 2. The van der Waals surface area contributed by atoms with Crippen LogP contribution in [0.3, 0.4) is 0 Å². The largest absolute Gasteiger partial charge is 0.395 e. The normalized spacial score (nSPS) is 13.3. The van der Waals surface area contributed by atoms with Crippen molar-refractivity contribution in [3.63, 3.8) is 0 Å². The average molecular weight is 442 g/mol. The van der Waals surface area contributed by atoms with Crippen molar-refractivity contribution in [2.45, 2.75) is 58.8 Å². The molecule has 31 heavy (non-hydrogen) atoms. The number of nitrogens with one attached hydrogen (secondary N) is 2. The summed E-state index contributed by atoms with van der Waals surface area (Å²) in [6, 6.07) is 6.09. The van der Waals surface area contributed by atoms with Crippen LogP contribution in [0.25, 0.3) is 10.9 Å². The highest BCUT2D eigenvalue weighted by Gasteiger charge is 2.34. The number of halogens is 3. The summed E-state index contributed by atoms with van der Waals surface area (Å²) in [5.74, 6) is -0.977. The molecule has 0 bridgehead atoms. The molecule has 0 spiro atoms. The highest BCUT2D eigenvalue weighted by Crippen LogP contribution is 2.24. The molecule has 7 nitrogen and oxygen atoms in total. The lowest BCUT2D eigenvalue weighted by Crippen LogP contribution is -2.54. The zero-order chi connectivity index (χ0) is 23.2. The van der Waals surface area contributed by atoms with E-state index in [4.69, 9.17) is 5.11 Å². The Bertz CT molecular complexity index is 903. The molecule has 0 radical (unpaired) electrons. The van der Waals surface area contributed by atoms with E-state index in [1.54, 1.807) is 45.0 Å². The van der Waals surface area contributed by atoms with Crippen LogP contribution < -0.4 is 10.6 Å². The van der Waals surface area contributed by atoms with Gasteiger partial charge in [-0.05, 0) is 24.3 Å². The molecule has 1 aromatic carbocycles. The van der Waals surface area contributed by atoms with Gasteiger partial charge in [-0.2, -0.15) is 18.3 Å². The number of aliphatic hydroxyl groups is 1. The van der Waals surface area contributed by atoms with Gasteiger partial charge in [0, 0.05) is 24.9 Å². The standard InChI is InChI=1S/C21H29F3N4O3/c1-20(2,3)17(19(31)25-11-13-29)26-18(30)16-14-8-4-5-9-15(14)28(27-16)12-7-6-10-21(22,23)24/h4-5,8-9,17,29H,6-7,10-13H2,1-3H3,(H,25,31)(H,26,30).